The van der Waals surface area contributed by atoms with Crippen LogP contribution in [0.3, 0.4) is 0 Å². The molecule has 0 bridgehead atoms. The number of ether oxygens (including phenoxy) is 1. The van der Waals surface area contributed by atoms with Crippen molar-refractivity contribution < 1.29 is 17.9 Å². The summed E-state index contributed by atoms with van der Waals surface area (Å²) < 4.78 is 30.2. The Hall–Kier alpha value is -2.38. The van der Waals surface area contributed by atoms with Crippen LogP contribution >= 0.6 is 0 Å². The SMILES string of the molecule is COc1ccc(C(=O)NCc2ccc(S(=O)(=O)N(C)C)cc2)cc1. The predicted molar refractivity (Wildman–Crippen MR) is 91.5 cm³/mol. The van der Waals surface area contributed by atoms with E-state index in [1.165, 1.54) is 26.2 Å². The Labute approximate surface area is 142 Å². The van der Waals surface area contributed by atoms with Gasteiger partial charge in [0.15, 0.2) is 0 Å². The first-order valence-electron chi connectivity index (χ1n) is 7.28. The van der Waals surface area contributed by atoms with Crippen molar-refractivity contribution >= 4 is 15.9 Å². The van der Waals surface area contributed by atoms with Crippen molar-refractivity contribution in [1.29, 1.82) is 0 Å². The molecule has 2 aromatic rings. The summed E-state index contributed by atoms with van der Waals surface area (Å²) in [5.74, 6) is 0.479. The summed E-state index contributed by atoms with van der Waals surface area (Å²) in [7, 11) is 1.09. The monoisotopic (exact) mass is 348 g/mol. The van der Waals surface area contributed by atoms with Crippen molar-refractivity contribution in [2.45, 2.75) is 11.4 Å². The second kappa shape index (κ2) is 7.46. The number of nitrogens with one attached hydrogen (secondary N) is 1. The summed E-state index contributed by atoms with van der Waals surface area (Å²) >= 11 is 0. The molecular formula is C17H20N2O4S. The molecule has 0 saturated heterocycles. The maximum Gasteiger partial charge on any atom is 0.251 e. The first-order chi connectivity index (χ1) is 11.3. The first kappa shape index (κ1) is 18.0. The van der Waals surface area contributed by atoms with Crippen LogP contribution in [0.1, 0.15) is 15.9 Å². The van der Waals surface area contributed by atoms with Gasteiger partial charge < -0.3 is 10.1 Å². The second-order valence-electron chi connectivity index (χ2n) is 5.34. The van der Waals surface area contributed by atoms with E-state index in [1.54, 1.807) is 43.5 Å². The zero-order valence-electron chi connectivity index (χ0n) is 13.8. The van der Waals surface area contributed by atoms with E-state index in [0.717, 1.165) is 9.87 Å². The lowest BCUT2D eigenvalue weighted by Crippen LogP contribution is -2.23. The van der Waals surface area contributed by atoms with Gasteiger partial charge in [-0.2, -0.15) is 0 Å². The maximum absolute atomic E-state index is 12.1. The van der Waals surface area contributed by atoms with Crippen LogP contribution in [0.25, 0.3) is 0 Å². The summed E-state index contributed by atoms with van der Waals surface area (Å²) in [5, 5.41) is 2.79. The molecule has 2 rings (SSSR count). The van der Waals surface area contributed by atoms with Gasteiger partial charge in [-0.1, -0.05) is 12.1 Å². The summed E-state index contributed by atoms with van der Waals surface area (Å²) in [6.45, 7) is 0.313. The van der Waals surface area contributed by atoms with Crippen molar-refractivity contribution in [2.75, 3.05) is 21.2 Å². The van der Waals surface area contributed by atoms with E-state index < -0.39 is 10.0 Å². The smallest absolute Gasteiger partial charge is 0.251 e. The van der Waals surface area contributed by atoms with Gasteiger partial charge in [0.2, 0.25) is 10.0 Å². The third kappa shape index (κ3) is 4.12. The molecule has 7 heteroatoms. The molecule has 2 aromatic carbocycles. The third-order valence-corrected chi connectivity index (χ3v) is 5.34. The van der Waals surface area contributed by atoms with Gasteiger partial charge in [-0.3, -0.25) is 4.79 Å². The van der Waals surface area contributed by atoms with Crippen molar-refractivity contribution in [3.8, 4) is 5.75 Å². The molecule has 6 nitrogen and oxygen atoms in total. The lowest BCUT2D eigenvalue weighted by molar-refractivity contribution is 0.0951. The fourth-order valence-corrected chi connectivity index (χ4v) is 2.92. The molecule has 0 spiro atoms. The standard InChI is InChI=1S/C17H20N2O4S/c1-19(2)24(21,22)16-10-4-13(5-11-16)12-18-17(20)14-6-8-15(23-3)9-7-14/h4-11H,12H2,1-3H3,(H,18,20). The molecule has 128 valence electrons. The number of nitrogens with zero attached hydrogens (tertiary/aromatic N) is 1. The van der Waals surface area contributed by atoms with Gasteiger partial charge in [-0.05, 0) is 42.0 Å². The number of carbonyl (C=O) groups is 1. The van der Waals surface area contributed by atoms with Crippen LogP contribution in [-0.4, -0.2) is 39.8 Å². The fourth-order valence-electron chi connectivity index (χ4n) is 2.02. The predicted octanol–water partition coefficient (Wildman–Crippen LogP) is 1.88. The van der Waals surface area contributed by atoms with Gasteiger partial charge in [0.05, 0.1) is 12.0 Å². The molecule has 0 heterocycles. The van der Waals surface area contributed by atoms with Gasteiger partial charge in [0.1, 0.15) is 5.75 Å². The second-order valence-corrected chi connectivity index (χ2v) is 7.49. The minimum atomic E-state index is -3.44. The number of hydrogen-bond acceptors (Lipinski definition) is 4. The number of amides is 1. The van der Waals surface area contributed by atoms with E-state index >= 15 is 0 Å². The van der Waals surface area contributed by atoms with E-state index in [1.807, 2.05) is 0 Å². The summed E-state index contributed by atoms with van der Waals surface area (Å²) in [5.41, 5.74) is 1.34. The van der Waals surface area contributed by atoms with Crippen molar-refractivity contribution in [1.82, 2.24) is 9.62 Å². The minimum Gasteiger partial charge on any atom is -0.497 e. The van der Waals surface area contributed by atoms with Crippen LogP contribution in [0.2, 0.25) is 0 Å². The van der Waals surface area contributed by atoms with Crippen molar-refractivity contribution in [3.05, 3.63) is 59.7 Å². The Morgan fingerprint density at radius 3 is 2.12 bits per heavy atom. The zero-order chi connectivity index (χ0) is 17.7. The van der Waals surface area contributed by atoms with Crippen LogP contribution in [0, 0.1) is 0 Å². The van der Waals surface area contributed by atoms with E-state index in [2.05, 4.69) is 5.32 Å². The largest absolute Gasteiger partial charge is 0.497 e. The first-order valence-corrected chi connectivity index (χ1v) is 8.72. The van der Waals surface area contributed by atoms with Gasteiger partial charge in [-0.15, -0.1) is 0 Å². The molecule has 0 saturated carbocycles. The van der Waals surface area contributed by atoms with E-state index in [0.29, 0.717) is 17.9 Å². The molecule has 1 N–H and O–H groups in total. The Morgan fingerprint density at radius 2 is 1.62 bits per heavy atom. The number of methoxy groups -OCH3 is 1. The van der Waals surface area contributed by atoms with Crippen LogP contribution in [0.4, 0.5) is 0 Å². The maximum atomic E-state index is 12.1. The molecule has 0 atom stereocenters. The van der Waals surface area contributed by atoms with Gasteiger partial charge in [0, 0.05) is 26.2 Å². The van der Waals surface area contributed by atoms with Crippen LogP contribution < -0.4 is 10.1 Å². The van der Waals surface area contributed by atoms with Gasteiger partial charge in [0.25, 0.3) is 5.91 Å². The minimum absolute atomic E-state index is 0.206. The number of benzene rings is 2. The van der Waals surface area contributed by atoms with Crippen LogP contribution in [-0.2, 0) is 16.6 Å². The van der Waals surface area contributed by atoms with E-state index in [9.17, 15) is 13.2 Å². The summed E-state index contributed by atoms with van der Waals surface area (Å²) in [4.78, 5) is 12.3. The van der Waals surface area contributed by atoms with Crippen LogP contribution in [0.15, 0.2) is 53.4 Å². The number of rotatable bonds is 6. The molecule has 0 unspecified atom stereocenters. The highest BCUT2D eigenvalue weighted by Crippen LogP contribution is 2.14. The molecule has 0 aromatic heterocycles. The molecule has 0 radical (unpaired) electrons. The molecule has 0 aliphatic rings. The highest BCUT2D eigenvalue weighted by molar-refractivity contribution is 7.89. The Morgan fingerprint density at radius 1 is 1.04 bits per heavy atom. The number of hydrogen-bond donors (Lipinski definition) is 1. The summed E-state index contributed by atoms with van der Waals surface area (Å²) in [6, 6.07) is 13.2. The Balaban J connectivity index is 2.00. The van der Waals surface area contributed by atoms with Crippen molar-refractivity contribution in [2.24, 2.45) is 0 Å². The molecule has 0 aliphatic heterocycles. The zero-order valence-corrected chi connectivity index (χ0v) is 14.6. The number of carbonyl (C=O) groups excluding carboxylic acids is 1. The van der Waals surface area contributed by atoms with E-state index in [4.69, 9.17) is 4.74 Å². The molecule has 0 aliphatic carbocycles. The molecular weight excluding hydrogens is 328 g/mol. The Kier molecular flexibility index (Phi) is 5.58. The average molecular weight is 348 g/mol. The highest BCUT2D eigenvalue weighted by atomic mass is 32.2. The van der Waals surface area contributed by atoms with E-state index in [-0.39, 0.29) is 10.8 Å². The van der Waals surface area contributed by atoms with Gasteiger partial charge in [-0.25, -0.2) is 12.7 Å². The average Bonchev–Trinajstić information content (AvgIpc) is 2.60. The highest BCUT2D eigenvalue weighted by Gasteiger charge is 2.16. The lowest BCUT2D eigenvalue weighted by Gasteiger charge is -2.12. The topological polar surface area (TPSA) is 75.7 Å². The fraction of sp³-hybridized carbons (Fsp3) is 0.235. The normalized spacial score (nSPS) is 11.3. The van der Waals surface area contributed by atoms with Crippen LogP contribution in [0.5, 0.6) is 5.75 Å². The Bertz CT molecular complexity index is 797. The molecule has 24 heavy (non-hydrogen) atoms. The molecule has 1 amide bonds. The lowest BCUT2D eigenvalue weighted by atomic mass is 10.2. The van der Waals surface area contributed by atoms with Gasteiger partial charge >= 0.3 is 0 Å². The molecule has 0 fully saturated rings. The quantitative estimate of drug-likeness (QED) is 0.865. The number of sulfonamides is 1. The third-order valence-electron chi connectivity index (χ3n) is 3.51. The summed E-state index contributed by atoms with van der Waals surface area (Å²) in [6.07, 6.45) is 0. The van der Waals surface area contributed by atoms with Crippen molar-refractivity contribution in [3.63, 3.8) is 0 Å².